The lowest BCUT2D eigenvalue weighted by molar-refractivity contribution is 0.0700. The Hall–Kier alpha value is -2.75. The van der Waals surface area contributed by atoms with Crippen LogP contribution in [-0.4, -0.2) is 37.1 Å². The first kappa shape index (κ1) is 15.2. The first-order valence-corrected chi connectivity index (χ1v) is 7.60. The SMILES string of the molecule is Cc1nc(C(=O)N2CCn3c(nnc3C(C)C)C2)ccc1C#N. The molecule has 2 aromatic heterocycles. The third-order valence-electron chi connectivity index (χ3n) is 4.01. The van der Waals surface area contributed by atoms with Gasteiger partial charge >= 0.3 is 0 Å². The number of carbonyl (C=O) groups is 1. The molecule has 3 rings (SSSR count). The van der Waals surface area contributed by atoms with Crippen LogP contribution in [0, 0.1) is 18.3 Å². The molecule has 0 radical (unpaired) electrons. The number of amides is 1. The van der Waals surface area contributed by atoms with Gasteiger partial charge in [-0.15, -0.1) is 10.2 Å². The van der Waals surface area contributed by atoms with Gasteiger partial charge in [-0.2, -0.15) is 5.26 Å². The van der Waals surface area contributed by atoms with Crippen LogP contribution in [-0.2, 0) is 13.1 Å². The summed E-state index contributed by atoms with van der Waals surface area (Å²) < 4.78 is 2.09. The minimum atomic E-state index is -0.141. The number of aryl methyl sites for hydroxylation is 1. The van der Waals surface area contributed by atoms with Crippen molar-refractivity contribution in [2.45, 2.75) is 39.8 Å². The molecule has 1 aliphatic rings. The van der Waals surface area contributed by atoms with E-state index in [-0.39, 0.29) is 5.91 Å². The summed E-state index contributed by atoms with van der Waals surface area (Å²) in [5.41, 5.74) is 1.42. The van der Waals surface area contributed by atoms with Crippen molar-refractivity contribution in [2.75, 3.05) is 6.54 Å². The van der Waals surface area contributed by atoms with Gasteiger partial charge in [0, 0.05) is 19.0 Å². The molecule has 0 aromatic carbocycles. The maximum atomic E-state index is 12.6. The van der Waals surface area contributed by atoms with E-state index in [4.69, 9.17) is 5.26 Å². The average Bonchev–Trinajstić information content (AvgIpc) is 2.97. The minimum Gasteiger partial charge on any atom is -0.328 e. The fraction of sp³-hybridized carbons (Fsp3) is 0.438. The number of hydrogen-bond donors (Lipinski definition) is 0. The van der Waals surface area contributed by atoms with Gasteiger partial charge in [-0.05, 0) is 19.1 Å². The molecule has 0 saturated heterocycles. The lowest BCUT2D eigenvalue weighted by atomic mass is 10.2. The second kappa shape index (κ2) is 5.80. The normalized spacial score (nSPS) is 13.8. The van der Waals surface area contributed by atoms with Gasteiger partial charge in [0.15, 0.2) is 5.82 Å². The number of hydrogen-bond acceptors (Lipinski definition) is 5. The number of fused-ring (bicyclic) bond motifs is 1. The topological polar surface area (TPSA) is 87.7 Å². The maximum Gasteiger partial charge on any atom is 0.272 e. The summed E-state index contributed by atoms with van der Waals surface area (Å²) >= 11 is 0. The van der Waals surface area contributed by atoms with Crippen LogP contribution in [0.5, 0.6) is 0 Å². The van der Waals surface area contributed by atoms with E-state index in [1.54, 1.807) is 24.0 Å². The highest BCUT2D eigenvalue weighted by molar-refractivity contribution is 5.92. The lowest BCUT2D eigenvalue weighted by Crippen LogP contribution is -2.39. The summed E-state index contributed by atoms with van der Waals surface area (Å²) in [4.78, 5) is 18.6. The third kappa shape index (κ3) is 2.68. The van der Waals surface area contributed by atoms with E-state index in [1.165, 1.54) is 0 Å². The Bertz CT molecular complexity index is 801. The monoisotopic (exact) mass is 310 g/mol. The summed E-state index contributed by atoms with van der Waals surface area (Å²) in [6.07, 6.45) is 0. The molecule has 23 heavy (non-hydrogen) atoms. The van der Waals surface area contributed by atoms with Crippen molar-refractivity contribution in [1.29, 1.82) is 5.26 Å². The Balaban J connectivity index is 1.82. The maximum absolute atomic E-state index is 12.6. The molecular formula is C16H18N6O. The number of nitrogens with zero attached hydrogens (tertiary/aromatic N) is 6. The van der Waals surface area contributed by atoms with Crippen LogP contribution in [0.25, 0.3) is 0 Å². The minimum absolute atomic E-state index is 0.141. The van der Waals surface area contributed by atoms with E-state index in [1.807, 2.05) is 0 Å². The molecule has 0 saturated carbocycles. The van der Waals surface area contributed by atoms with Crippen LogP contribution in [0.1, 0.15) is 53.2 Å². The quantitative estimate of drug-likeness (QED) is 0.841. The molecule has 7 nitrogen and oxygen atoms in total. The molecule has 0 spiro atoms. The predicted octanol–water partition coefficient (Wildman–Crippen LogP) is 1.63. The molecule has 3 heterocycles. The number of rotatable bonds is 2. The van der Waals surface area contributed by atoms with Gasteiger partial charge < -0.3 is 9.47 Å². The molecule has 2 aromatic rings. The van der Waals surface area contributed by atoms with Gasteiger partial charge in [-0.3, -0.25) is 4.79 Å². The van der Waals surface area contributed by atoms with E-state index < -0.39 is 0 Å². The van der Waals surface area contributed by atoms with Crippen LogP contribution in [0.15, 0.2) is 12.1 Å². The van der Waals surface area contributed by atoms with E-state index in [9.17, 15) is 4.79 Å². The Labute approximate surface area is 134 Å². The lowest BCUT2D eigenvalue weighted by Gasteiger charge is -2.28. The predicted molar refractivity (Wildman–Crippen MR) is 82.5 cm³/mol. The molecule has 0 unspecified atom stereocenters. The zero-order chi connectivity index (χ0) is 16.6. The molecule has 118 valence electrons. The fourth-order valence-electron chi connectivity index (χ4n) is 2.74. The fourth-order valence-corrected chi connectivity index (χ4v) is 2.74. The molecule has 0 bridgehead atoms. The summed E-state index contributed by atoms with van der Waals surface area (Å²) in [5.74, 6) is 1.93. The second-order valence-corrected chi connectivity index (χ2v) is 5.95. The highest BCUT2D eigenvalue weighted by Gasteiger charge is 2.26. The molecular weight excluding hydrogens is 292 g/mol. The second-order valence-electron chi connectivity index (χ2n) is 5.95. The van der Waals surface area contributed by atoms with Crippen molar-refractivity contribution >= 4 is 5.91 Å². The van der Waals surface area contributed by atoms with Crippen molar-refractivity contribution in [2.24, 2.45) is 0 Å². The van der Waals surface area contributed by atoms with Gasteiger partial charge in [0.05, 0.1) is 17.8 Å². The molecule has 0 atom stereocenters. The third-order valence-corrected chi connectivity index (χ3v) is 4.01. The van der Waals surface area contributed by atoms with Crippen molar-refractivity contribution in [3.63, 3.8) is 0 Å². The summed E-state index contributed by atoms with van der Waals surface area (Å²) in [7, 11) is 0. The summed E-state index contributed by atoms with van der Waals surface area (Å²) in [6, 6.07) is 5.30. The Morgan fingerprint density at radius 3 is 2.74 bits per heavy atom. The van der Waals surface area contributed by atoms with Crippen LogP contribution in [0.3, 0.4) is 0 Å². The number of nitriles is 1. The number of pyridine rings is 1. The average molecular weight is 310 g/mol. The van der Waals surface area contributed by atoms with Gasteiger partial charge in [0.25, 0.3) is 5.91 Å². The van der Waals surface area contributed by atoms with Crippen LogP contribution in [0.2, 0.25) is 0 Å². The van der Waals surface area contributed by atoms with Crippen molar-refractivity contribution in [3.05, 3.63) is 40.7 Å². The van der Waals surface area contributed by atoms with Crippen LogP contribution >= 0.6 is 0 Å². The Morgan fingerprint density at radius 1 is 1.30 bits per heavy atom. The number of carbonyl (C=O) groups excluding carboxylic acids is 1. The molecule has 7 heteroatoms. The molecule has 0 aliphatic carbocycles. The zero-order valence-electron chi connectivity index (χ0n) is 13.4. The van der Waals surface area contributed by atoms with Gasteiger partial charge in [0.1, 0.15) is 17.6 Å². The van der Waals surface area contributed by atoms with E-state index in [2.05, 4.69) is 39.7 Å². The zero-order valence-corrected chi connectivity index (χ0v) is 13.4. The van der Waals surface area contributed by atoms with Gasteiger partial charge in [0.2, 0.25) is 0 Å². The highest BCUT2D eigenvalue weighted by atomic mass is 16.2. The first-order valence-electron chi connectivity index (χ1n) is 7.60. The highest BCUT2D eigenvalue weighted by Crippen LogP contribution is 2.19. The summed E-state index contributed by atoms with van der Waals surface area (Å²) in [6.45, 7) is 7.62. The van der Waals surface area contributed by atoms with Gasteiger partial charge in [-0.1, -0.05) is 13.8 Å². The first-order chi connectivity index (χ1) is 11.0. The van der Waals surface area contributed by atoms with Gasteiger partial charge in [-0.25, -0.2) is 4.98 Å². The smallest absolute Gasteiger partial charge is 0.272 e. The standard InChI is InChI=1S/C16H18N6O/c1-10(2)15-20-19-14-9-21(6-7-22(14)15)16(23)13-5-4-12(8-17)11(3)18-13/h4-5,10H,6-7,9H2,1-3H3. The van der Waals surface area contributed by atoms with E-state index in [0.717, 1.165) is 11.6 Å². The molecule has 0 N–H and O–H groups in total. The number of aromatic nitrogens is 4. The molecule has 0 fully saturated rings. The van der Waals surface area contributed by atoms with Crippen molar-refractivity contribution < 1.29 is 4.79 Å². The van der Waals surface area contributed by atoms with Crippen LogP contribution in [0.4, 0.5) is 0 Å². The summed E-state index contributed by atoms with van der Waals surface area (Å²) in [5, 5.41) is 17.4. The Morgan fingerprint density at radius 2 is 2.09 bits per heavy atom. The van der Waals surface area contributed by atoms with E-state index in [0.29, 0.717) is 42.5 Å². The molecule has 1 amide bonds. The van der Waals surface area contributed by atoms with Crippen molar-refractivity contribution in [1.82, 2.24) is 24.6 Å². The molecule has 1 aliphatic heterocycles. The van der Waals surface area contributed by atoms with Crippen LogP contribution < -0.4 is 0 Å². The van der Waals surface area contributed by atoms with Crippen molar-refractivity contribution in [3.8, 4) is 6.07 Å². The van der Waals surface area contributed by atoms with E-state index >= 15 is 0 Å². The Kier molecular flexibility index (Phi) is 3.82. The largest absolute Gasteiger partial charge is 0.328 e.